The summed E-state index contributed by atoms with van der Waals surface area (Å²) in [5.41, 5.74) is 3.70. The van der Waals surface area contributed by atoms with Gasteiger partial charge in [0.15, 0.2) is 0 Å². The molecule has 0 spiro atoms. The van der Waals surface area contributed by atoms with Crippen LogP contribution in [0.4, 0.5) is 5.69 Å². The molecule has 0 unspecified atom stereocenters. The van der Waals surface area contributed by atoms with E-state index in [1.807, 2.05) is 0 Å². The van der Waals surface area contributed by atoms with E-state index in [-0.39, 0.29) is 18.1 Å². The molecule has 1 heterocycles. The van der Waals surface area contributed by atoms with Crippen molar-refractivity contribution in [1.29, 1.82) is 0 Å². The quantitative estimate of drug-likeness (QED) is 0.864. The van der Waals surface area contributed by atoms with E-state index in [9.17, 15) is 5.11 Å². The van der Waals surface area contributed by atoms with Crippen molar-refractivity contribution in [1.82, 2.24) is 0 Å². The van der Waals surface area contributed by atoms with Crippen molar-refractivity contribution in [2.75, 3.05) is 32.2 Å². The first-order chi connectivity index (χ1) is 10.9. The third kappa shape index (κ3) is 2.50. The van der Waals surface area contributed by atoms with Crippen molar-refractivity contribution in [3.63, 3.8) is 0 Å². The fourth-order valence-corrected chi connectivity index (χ4v) is 4.55. The van der Waals surface area contributed by atoms with Gasteiger partial charge in [0.1, 0.15) is 0 Å². The molecule has 0 amide bonds. The van der Waals surface area contributed by atoms with Crippen LogP contribution in [0.1, 0.15) is 32.4 Å². The molecule has 0 aromatic heterocycles. The van der Waals surface area contributed by atoms with E-state index in [1.54, 1.807) is 0 Å². The van der Waals surface area contributed by atoms with Crippen molar-refractivity contribution in [2.45, 2.75) is 26.9 Å². The number of rotatable bonds is 3. The highest BCUT2D eigenvalue weighted by Gasteiger charge is 2.53. The Labute approximate surface area is 140 Å². The highest BCUT2D eigenvalue weighted by molar-refractivity contribution is 5.46. The number of hydrogen-bond donors (Lipinski definition) is 1. The van der Waals surface area contributed by atoms with Gasteiger partial charge in [0, 0.05) is 31.1 Å². The molecule has 1 aromatic rings. The zero-order valence-corrected chi connectivity index (χ0v) is 14.9. The molecule has 0 saturated carbocycles. The Morgan fingerprint density at radius 2 is 1.87 bits per heavy atom. The summed E-state index contributed by atoms with van der Waals surface area (Å²) >= 11 is 0. The van der Waals surface area contributed by atoms with Crippen molar-refractivity contribution in [3.8, 4) is 0 Å². The minimum atomic E-state index is -0.135. The summed E-state index contributed by atoms with van der Waals surface area (Å²) in [4.78, 5) is 2.11. The lowest BCUT2D eigenvalue weighted by molar-refractivity contribution is -0.165. The maximum Gasteiger partial charge on any atom is 0.0893 e. The van der Waals surface area contributed by atoms with E-state index in [0.717, 1.165) is 0 Å². The molecule has 3 nitrogen and oxygen atoms in total. The van der Waals surface area contributed by atoms with Crippen LogP contribution in [0.2, 0.25) is 0 Å². The molecule has 2 aliphatic rings. The van der Waals surface area contributed by atoms with Crippen LogP contribution in [0.25, 0.3) is 0 Å². The summed E-state index contributed by atoms with van der Waals surface area (Å²) in [5.74, 6) is 1.12. The predicted molar refractivity (Wildman–Crippen MR) is 94.6 cm³/mol. The van der Waals surface area contributed by atoms with Crippen LogP contribution >= 0.6 is 0 Å². The molecule has 3 rings (SSSR count). The Kier molecular flexibility index (Phi) is 4.28. The molecule has 126 valence electrons. The first-order valence-electron chi connectivity index (χ1n) is 8.59. The van der Waals surface area contributed by atoms with Crippen LogP contribution in [-0.2, 0) is 4.74 Å². The first-order valence-corrected chi connectivity index (χ1v) is 8.59. The van der Waals surface area contributed by atoms with Gasteiger partial charge in [-0.25, -0.2) is 0 Å². The summed E-state index contributed by atoms with van der Waals surface area (Å²) in [6.45, 7) is 7.54. The molecule has 0 radical (unpaired) electrons. The standard InChI is InChI=1S/C20H29NO2/c1-13-10-14(2)20(11-22)12-23-19(18(13)15(20)3)16-6-8-17(9-7-16)21(4)5/h6-10,14-15,18-19,22H,11-12H2,1-5H3/t14-,15+,18-,19-,20+/m0/s1. The SMILES string of the molecule is CC1=C[C@H](C)[C@@]2(CO)CO[C@@H](c3ccc(N(C)C)cc3)[C@@H]1[C@H]2C. The van der Waals surface area contributed by atoms with Gasteiger partial charge in [-0.1, -0.05) is 37.6 Å². The second kappa shape index (κ2) is 5.95. The van der Waals surface area contributed by atoms with Crippen LogP contribution in [0, 0.1) is 23.2 Å². The maximum atomic E-state index is 10.1. The molecule has 1 fully saturated rings. The maximum absolute atomic E-state index is 10.1. The molecular formula is C20H29NO2. The molecule has 3 heteroatoms. The summed E-state index contributed by atoms with van der Waals surface area (Å²) in [6.07, 6.45) is 2.44. The van der Waals surface area contributed by atoms with Gasteiger partial charge >= 0.3 is 0 Å². The van der Waals surface area contributed by atoms with Gasteiger partial charge in [-0.15, -0.1) is 0 Å². The second-order valence-corrected chi connectivity index (χ2v) is 7.62. The van der Waals surface area contributed by atoms with E-state index in [0.29, 0.717) is 24.4 Å². The normalized spacial score (nSPS) is 36.5. The molecule has 1 aromatic carbocycles. The lowest BCUT2D eigenvalue weighted by atomic mass is 9.56. The monoisotopic (exact) mass is 315 g/mol. The number of ether oxygens (including phenoxy) is 1. The van der Waals surface area contributed by atoms with Gasteiger partial charge in [-0.3, -0.25) is 0 Å². The van der Waals surface area contributed by atoms with Crippen molar-refractivity contribution < 1.29 is 9.84 Å². The van der Waals surface area contributed by atoms with Crippen molar-refractivity contribution in [2.24, 2.45) is 23.2 Å². The number of hydrogen-bond acceptors (Lipinski definition) is 3. The molecule has 1 N–H and O–H groups in total. The summed E-state index contributed by atoms with van der Waals surface area (Å²) in [7, 11) is 4.11. The molecular weight excluding hydrogens is 286 g/mol. The second-order valence-electron chi connectivity index (χ2n) is 7.62. The Bertz CT molecular complexity index is 592. The van der Waals surface area contributed by atoms with E-state index in [4.69, 9.17) is 4.74 Å². The van der Waals surface area contributed by atoms with Gasteiger partial charge in [0.25, 0.3) is 0 Å². The highest BCUT2D eigenvalue weighted by atomic mass is 16.5. The van der Waals surface area contributed by atoms with Gasteiger partial charge in [-0.05, 0) is 36.5 Å². The summed E-state index contributed by atoms with van der Waals surface area (Å²) in [6, 6.07) is 8.68. The third-order valence-corrected chi connectivity index (χ3v) is 6.28. The van der Waals surface area contributed by atoms with E-state index in [2.05, 4.69) is 70.1 Å². The number of anilines is 1. The zero-order valence-electron chi connectivity index (χ0n) is 14.9. The average molecular weight is 315 g/mol. The molecule has 23 heavy (non-hydrogen) atoms. The van der Waals surface area contributed by atoms with Gasteiger partial charge < -0.3 is 14.7 Å². The van der Waals surface area contributed by atoms with Gasteiger partial charge in [-0.2, -0.15) is 0 Å². The fraction of sp³-hybridized carbons (Fsp3) is 0.600. The summed E-state index contributed by atoms with van der Waals surface area (Å²) < 4.78 is 6.32. The smallest absolute Gasteiger partial charge is 0.0893 e. The van der Waals surface area contributed by atoms with E-state index < -0.39 is 0 Å². The molecule has 2 bridgehead atoms. The molecule has 1 aliphatic heterocycles. The lowest BCUT2D eigenvalue weighted by Crippen LogP contribution is -2.53. The van der Waals surface area contributed by atoms with Crippen LogP contribution in [0.15, 0.2) is 35.9 Å². The van der Waals surface area contributed by atoms with Crippen LogP contribution < -0.4 is 4.90 Å². The van der Waals surface area contributed by atoms with Crippen LogP contribution in [-0.4, -0.2) is 32.4 Å². The Morgan fingerprint density at radius 3 is 2.43 bits per heavy atom. The van der Waals surface area contributed by atoms with Crippen molar-refractivity contribution in [3.05, 3.63) is 41.5 Å². The number of nitrogens with zero attached hydrogens (tertiary/aromatic N) is 1. The average Bonchev–Trinajstić information content (AvgIpc) is 2.53. The van der Waals surface area contributed by atoms with Crippen LogP contribution in [0.3, 0.4) is 0 Å². The number of allylic oxidation sites excluding steroid dienone is 1. The van der Waals surface area contributed by atoms with Crippen LogP contribution in [0.5, 0.6) is 0 Å². The predicted octanol–water partition coefficient (Wildman–Crippen LogP) is 3.65. The molecule has 1 saturated heterocycles. The topological polar surface area (TPSA) is 32.7 Å². The van der Waals surface area contributed by atoms with Gasteiger partial charge in [0.2, 0.25) is 0 Å². The number of benzene rings is 1. The molecule has 1 aliphatic carbocycles. The van der Waals surface area contributed by atoms with Crippen molar-refractivity contribution >= 4 is 5.69 Å². The number of aliphatic hydroxyl groups is 1. The van der Waals surface area contributed by atoms with E-state index in [1.165, 1.54) is 16.8 Å². The summed E-state index contributed by atoms with van der Waals surface area (Å²) in [5, 5.41) is 10.1. The Morgan fingerprint density at radius 1 is 1.22 bits per heavy atom. The Hall–Kier alpha value is -1.32. The van der Waals surface area contributed by atoms with E-state index >= 15 is 0 Å². The molecule has 5 atom stereocenters. The minimum absolute atomic E-state index is 0.0876. The fourth-order valence-electron chi connectivity index (χ4n) is 4.55. The first kappa shape index (κ1) is 16.5. The highest BCUT2D eigenvalue weighted by Crippen LogP contribution is 2.55. The number of fused-ring (bicyclic) bond motifs is 2. The largest absolute Gasteiger partial charge is 0.396 e. The minimum Gasteiger partial charge on any atom is -0.396 e. The number of aliphatic hydroxyl groups excluding tert-OH is 1. The Balaban J connectivity index is 1.95. The van der Waals surface area contributed by atoms with Gasteiger partial charge in [0.05, 0.1) is 19.3 Å². The third-order valence-electron chi connectivity index (χ3n) is 6.28. The zero-order chi connectivity index (χ0) is 16.8. The lowest BCUT2D eigenvalue weighted by Gasteiger charge is -2.55.